The van der Waals surface area contributed by atoms with Crippen LogP contribution in [0.4, 0.5) is 13.2 Å². The zero-order chi connectivity index (χ0) is 18.8. The zero-order valence-electron chi connectivity index (χ0n) is 13.8. The van der Waals surface area contributed by atoms with Crippen molar-refractivity contribution in [3.63, 3.8) is 0 Å². The standard InChI is InChI=1S/C17H19F3N2O2S/c1-11-5-3-7-13(9-21)15(11)16-12(2)6-4-8-14(16)10-22-25(23,24)17(18,19)20/h3-8,22H,9-10,21H2,1-2H3. The Morgan fingerprint density at radius 2 is 1.44 bits per heavy atom. The van der Waals surface area contributed by atoms with Gasteiger partial charge < -0.3 is 5.73 Å². The number of alkyl halides is 3. The summed E-state index contributed by atoms with van der Waals surface area (Å²) in [4.78, 5) is 0. The van der Waals surface area contributed by atoms with E-state index in [1.165, 1.54) is 0 Å². The van der Waals surface area contributed by atoms with E-state index in [0.29, 0.717) is 11.1 Å². The first-order valence-electron chi connectivity index (χ1n) is 7.52. The molecule has 0 bridgehead atoms. The maximum absolute atomic E-state index is 12.6. The smallest absolute Gasteiger partial charge is 0.326 e. The van der Waals surface area contributed by atoms with Crippen molar-refractivity contribution in [2.75, 3.05) is 0 Å². The Kier molecular flexibility index (Phi) is 5.55. The molecule has 136 valence electrons. The summed E-state index contributed by atoms with van der Waals surface area (Å²) in [5, 5.41) is 0. The third-order valence-corrected chi connectivity index (χ3v) is 5.08. The van der Waals surface area contributed by atoms with Crippen LogP contribution >= 0.6 is 0 Å². The summed E-state index contributed by atoms with van der Waals surface area (Å²) in [6.07, 6.45) is 0. The highest BCUT2D eigenvalue weighted by atomic mass is 32.2. The minimum absolute atomic E-state index is 0.263. The number of nitrogens with one attached hydrogen (secondary N) is 1. The fraction of sp³-hybridized carbons (Fsp3) is 0.294. The highest BCUT2D eigenvalue weighted by molar-refractivity contribution is 7.90. The van der Waals surface area contributed by atoms with E-state index in [2.05, 4.69) is 0 Å². The molecule has 0 aliphatic carbocycles. The van der Waals surface area contributed by atoms with Gasteiger partial charge in [-0.1, -0.05) is 36.4 Å². The van der Waals surface area contributed by atoms with E-state index < -0.39 is 22.1 Å². The van der Waals surface area contributed by atoms with Crippen molar-refractivity contribution in [3.8, 4) is 11.1 Å². The van der Waals surface area contributed by atoms with Crippen LogP contribution in [0.25, 0.3) is 11.1 Å². The summed E-state index contributed by atoms with van der Waals surface area (Å²) in [7, 11) is -5.41. The van der Waals surface area contributed by atoms with Gasteiger partial charge in [0.15, 0.2) is 0 Å². The van der Waals surface area contributed by atoms with E-state index in [9.17, 15) is 21.6 Å². The molecule has 2 aromatic carbocycles. The molecule has 0 saturated carbocycles. The molecule has 8 heteroatoms. The molecule has 2 rings (SSSR count). The van der Waals surface area contributed by atoms with Crippen molar-refractivity contribution in [3.05, 3.63) is 58.7 Å². The number of benzene rings is 2. The number of rotatable bonds is 5. The Labute approximate surface area is 144 Å². The molecule has 25 heavy (non-hydrogen) atoms. The van der Waals surface area contributed by atoms with E-state index in [-0.39, 0.29) is 6.54 Å². The monoisotopic (exact) mass is 372 g/mol. The first kappa shape index (κ1) is 19.4. The number of nitrogens with two attached hydrogens (primary N) is 1. The van der Waals surface area contributed by atoms with E-state index in [0.717, 1.165) is 22.3 Å². The Bertz CT molecular complexity index is 878. The maximum atomic E-state index is 12.6. The second-order valence-corrected chi connectivity index (χ2v) is 7.45. The number of sulfonamides is 1. The molecular weight excluding hydrogens is 353 g/mol. The van der Waals surface area contributed by atoms with Gasteiger partial charge in [0.25, 0.3) is 0 Å². The van der Waals surface area contributed by atoms with Crippen molar-refractivity contribution in [1.29, 1.82) is 0 Å². The molecule has 4 nitrogen and oxygen atoms in total. The summed E-state index contributed by atoms with van der Waals surface area (Å²) in [6, 6.07) is 10.7. The molecule has 2 aromatic rings. The minimum atomic E-state index is -5.41. The number of aryl methyl sites for hydroxylation is 2. The van der Waals surface area contributed by atoms with Gasteiger partial charge in [0.2, 0.25) is 0 Å². The number of halogens is 3. The quantitative estimate of drug-likeness (QED) is 0.845. The molecule has 0 atom stereocenters. The van der Waals surface area contributed by atoms with E-state index in [4.69, 9.17) is 5.73 Å². The third kappa shape index (κ3) is 4.02. The topological polar surface area (TPSA) is 72.2 Å². The molecule has 0 unspecified atom stereocenters. The average Bonchev–Trinajstić information content (AvgIpc) is 2.52. The van der Waals surface area contributed by atoms with Crippen LogP contribution in [0.15, 0.2) is 36.4 Å². The first-order chi connectivity index (χ1) is 11.6. The summed E-state index contributed by atoms with van der Waals surface area (Å²) >= 11 is 0. The van der Waals surface area contributed by atoms with E-state index in [1.807, 2.05) is 38.1 Å². The highest BCUT2D eigenvalue weighted by Gasteiger charge is 2.45. The Hall–Kier alpha value is -1.90. The molecule has 0 fully saturated rings. The van der Waals surface area contributed by atoms with Gasteiger partial charge in [-0.2, -0.15) is 13.2 Å². The first-order valence-corrected chi connectivity index (χ1v) is 9.00. The fourth-order valence-corrected chi connectivity index (χ4v) is 3.25. The molecule has 3 N–H and O–H groups in total. The molecule has 0 aliphatic heterocycles. The van der Waals surface area contributed by atoms with Gasteiger partial charge in [-0.15, -0.1) is 0 Å². The predicted octanol–water partition coefficient (Wildman–Crippen LogP) is 3.37. The minimum Gasteiger partial charge on any atom is -0.326 e. The largest absolute Gasteiger partial charge is 0.511 e. The zero-order valence-corrected chi connectivity index (χ0v) is 14.6. The third-order valence-electron chi connectivity index (χ3n) is 3.95. The second-order valence-electron chi connectivity index (χ2n) is 5.69. The average molecular weight is 372 g/mol. The molecule has 0 aromatic heterocycles. The second kappa shape index (κ2) is 7.15. The molecule has 0 aliphatic rings. The van der Waals surface area contributed by atoms with Gasteiger partial charge in [-0.25, -0.2) is 13.1 Å². The van der Waals surface area contributed by atoms with Gasteiger partial charge in [0.1, 0.15) is 0 Å². The van der Waals surface area contributed by atoms with Crippen LogP contribution in [0.5, 0.6) is 0 Å². The van der Waals surface area contributed by atoms with E-state index >= 15 is 0 Å². The van der Waals surface area contributed by atoms with Crippen LogP contribution in [0.3, 0.4) is 0 Å². The van der Waals surface area contributed by atoms with Gasteiger partial charge in [-0.05, 0) is 47.2 Å². The van der Waals surface area contributed by atoms with Crippen molar-refractivity contribution in [2.45, 2.75) is 32.4 Å². The van der Waals surface area contributed by atoms with Gasteiger partial charge in [0.05, 0.1) is 0 Å². The SMILES string of the molecule is Cc1cccc(CN)c1-c1c(C)cccc1CNS(=O)(=O)C(F)(F)F. The predicted molar refractivity (Wildman–Crippen MR) is 91.1 cm³/mol. The summed E-state index contributed by atoms with van der Waals surface area (Å²) in [5.41, 5.74) is 5.01. The molecule has 0 heterocycles. The number of hydrogen-bond donors (Lipinski definition) is 2. The van der Waals surface area contributed by atoms with Crippen molar-refractivity contribution >= 4 is 10.0 Å². The normalized spacial score (nSPS) is 12.4. The highest BCUT2D eigenvalue weighted by Crippen LogP contribution is 2.33. The maximum Gasteiger partial charge on any atom is 0.511 e. The van der Waals surface area contributed by atoms with E-state index in [1.54, 1.807) is 16.9 Å². The van der Waals surface area contributed by atoms with Crippen LogP contribution < -0.4 is 10.5 Å². The summed E-state index contributed by atoms with van der Waals surface area (Å²) in [6.45, 7) is 3.50. The number of hydrogen-bond acceptors (Lipinski definition) is 3. The van der Waals surface area contributed by atoms with Gasteiger partial charge >= 0.3 is 15.5 Å². The molecule has 0 spiro atoms. The molecule has 0 radical (unpaired) electrons. The Morgan fingerprint density at radius 3 is 1.92 bits per heavy atom. The van der Waals surface area contributed by atoms with Crippen molar-refractivity contribution < 1.29 is 21.6 Å². The summed E-state index contributed by atoms with van der Waals surface area (Å²) < 4.78 is 61.9. The van der Waals surface area contributed by atoms with Gasteiger partial charge in [0, 0.05) is 13.1 Å². The molecular formula is C17H19F3N2O2S. The molecule has 0 amide bonds. The van der Waals surface area contributed by atoms with Crippen LogP contribution in [-0.4, -0.2) is 13.9 Å². The van der Waals surface area contributed by atoms with Crippen molar-refractivity contribution in [2.24, 2.45) is 5.73 Å². The Balaban J connectivity index is 2.53. The lowest BCUT2D eigenvalue weighted by Gasteiger charge is -2.19. The fourth-order valence-electron chi connectivity index (χ4n) is 2.74. The van der Waals surface area contributed by atoms with Crippen LogP contribution in [0.2, 0.25) is 0 Å². The lowest BCUT2D eigenvalue weighted by atomic mass is 9.88. The van der Waals surface area contributed by atoms with Crippen LogP contribution in [0, 0.1) is 13.8 Å². The Morgan fingerprint density at radius 1 is 0.960 bits per heavy atom. The lowest BCUT2D eigenvalue weighted by molar-refractivity contribution is -0.0448. The van der Waals surface area contributed by atoms with Crippen LogP contribution in [0.1, 0.15) is 22.3 Å². The van der Waals surface area contributed by atoms with Gasteiger partial charge in [-0.3, -0.25) is 0 Å². The van der Waals surface area contributed by atoms with Crippen LogP contribution in [-0.2, 0) is 23.1 Å². The summed E-state index contributed by atoms with van der Waals surface area (Å²) in [5.74, 6) is 0. The van der Waals surface area contributed by atoms with Crippen molar-refractivity contribution in [1.82, 2.24) is 4.72 Å². The molecule has 0 saturated heterocycles. The lowest BCUT2D eigenvalue weighted by Crippen LogP contribution is -2.36.